The molecule has 2 aromatic heterocycles. The molecule has 4 aromatic rings. The van der Waals surface area contributed by atoms with Gasteiger partial charge in [-0.3, -0.25) is 9.59 Å². The monoisotopic (exact) mass is 440 g/mol. The Morgan fingerprint density at radius 3 is 2.73 bits per heavy atom. The van der Waals surface area contributed by atoms with Gasteiger partial charge in [0.05, 0.1) is 46.7 Å². The Morgan fingerprint density at radius 2 is 1.93 bits per heavy atom. The molecule has 0 radical (unpaired) electrons. The number of nitrogens with one attached hydrogen (secondary N) is 1. The van der Waals surface area contributed by atoms with Crippen LogP contribution in [0.3, 0.4) is 0 Å². The first kappa shape index (κ1) is 20.5. The molecular weight excluding hydrogens is 420 g/mol. The number of ether oxygens (including phenoxy) is 1. The Kier molecular flexibility index (Phi) is 6.41. The maximum atomic E-state index is 12.6. The van der Waals surface area contributed by atoms with Gasteiger partial charge in [-0.1, -0.05) is 42.1 Å². The molecule has 0 saturated heterocycles. The van der Waals surface area contributed by atoms with Crippen molar-refractivity contribution in [3.05, 3.63) is 64.6 Å². The van der Waals surface area contributed by atoms with Crippen molar-refractivity contribution in [2.45, 2.75) is 17.4 Å². The average molecular weight is 441 g/mol. The van der Waals surface area contributed by atoms with Gasteiger partial charge in [-0.2, -0.15) is 5.10 Å². The zero-order chi connectivity index (χ0) is 20.9. The summed E-state index contributed by atoms with van der Waals surface area (Å²) in [5.74, 6) is 0.154. The third kappa shape index (κ3) is 4.53. The topological polar surface area (TPSA) is 86.1 Å². The molecule has 0 bridgehead atoms. The second-order valence-electron chi connectivity index (χ2n) is 6.53. The quantitative estimate of drug-likeness (QED) is 0.424. The molecule has 0 aliphatic rings. The van der Waals surface area contributed by atoms with Crippen molar-refractivity contribution < 1.29 is 9.53 Å². The van der Waals surface area contributed by atoms with Crippen molar-refractivity contribution >= 4 is 50.0 Å². The number of para-hydroxylation sites is 1. The highest BCUT2D eigenvalue weighted by atomic mass is 32.2. The molecule has 0 atom stereocenters. The van der Waals surface area contributed by atoms with Gasteiger partial charge < -0.3 is 10.1 Å². The molecule has 0 spiro atoms. The van der Waals surface area contributed by atoms with E-state index in [1.54, 1.807) is 24.5 Å². The molecular formula is C21H20N4O3S2. The maximum Gasteiger partial charge on any atom is 0.274 e. The van der Waals surface area contributed by atoms with Crippen molar-refractivity contribution in [1.82, 2.24) is 20.1 Å². The SMILES string of the molecule is COCCn1nc(CNC(=O)CSc2nc3ccccc3s2)c2ccccc2c1=O. The molecule has 30 heavy (non-hydrogen) atoms. The molecule has 0 unspecified atom stereocenters. The molecule has 9 heteroatoms. The lowest BCUT2D eigenvalue weighted by atomic mass is 10.1. The van der Waals surface area contributed by atoms with Gasteiger partial charge in [-0.25, -0.2) is 9.67 Å². The fourth-order valence-electron chi connectivity index (χ4n) is 3.04. The first-order chi connectivity index (χ1) is 14.7. The lowest BCUT2D eigenvalue weighted by molar-refractivity contribution is -0.118. The highest BCUT2D eigenvalue weighted by Crippen LogP contribution is 2.29. The Balaban J connectivity index is 1.45. The summed E-state index contributed by atoms with van der Waals surface area (Å²) in [5.41, 5.74) is 1.43. The molecule has 0 saturated carbocycles. The van der Waals surface area contributed by atoms with Crippen LogP contribution in [0.5, 0.6) is 0 Å². The number of thiazole rings is 1. The third-order valence-corrected chi connectivity index (χ3v) is 6.68. The Morgan fingerprint density at radius 1 is 1.17 bits per heavy atom. The van der Waals surface area contributed by atoms with Crippen LogP contribution in [0, 0.1) is 0 Å². The second-order valence-corrected chi connectivity index (χ2v) is 8.78. The minimum Gasteiger partial charge on any atom is -0.383 e. The van der Waals surface area contributed by atoms with Gasteiger partial charge in [-0.05, 0) is 18.2 Å². The average Bonchev–Trinajstić information content (AvgIpc) is 3.19. The largest absolute Gasteiger partial charge is 0.383 e. The minimum atomic E-state index is -0.163. The fourth-order valence-corrected chi connectivity index (χ4v) is 4.94. The molecule has 2 aromatic carbocycles. The zero-order valence-electron chi connectivity index (χ0n) is 16.3. The van der Waals surface area contributed by atoms with E-state index in [2.05, 4.69) is 15.4 Å². The summed E-state index contributed by atoms with van der Waals surface area (Å²) >= 11 is 2.99. The molecule has 0 aliphatic carbocycles. The number of carbonyl (C=O) groups excluding carboxylic acids is 1. The molecule has 0 aliphatic heterocycles. The number of thioether (sulfide) groups is 1. The van der Waals surface area contributed by atoms with Crippen molar-refractivity contribution in [1.29, 1.82) is 0 Å². The number of hydrogen-bond donors (Lipinski definition) is 1. The molecule has 1 amide bonds. The van der Waals surface area contributed by atoms with E-state index in [4.69, 9.17) is 4.74 Å². The zero-order valence-corrected chi connectivity index (χ0v) is 18.0. The van der Waals surface area contributed by atoms with Gasteiger partial charge in [0.1, 0.15) is 0 Å². The van der Waals surface area contributed by atoms with Crippen molar-refractivity contribution in [3.63, 3.8) is 0 Å². The number of benzene rings is 2. The second kappa shape index (κ2) is 9.38. The number of aromatic nitrogens is 3. The molecule has 7 nitrogen and oxygen atoms in total. The fraction of sp³-hybridized carbons (Fsp3) is 0.238. The van der Waals surface area contributed by atoms with Crippen LogP contribution in [0.1, 0.15) is 5.69 Å². The predicted molar refractivity (Wildman–Crippen MR) is 120 cm³/mol. The minimum absolute atomic E-state index is 0.111. The smallest absolute Gasteiger partial charge is 0.274 e. The van der Waals surface area contributed by atoms with E-state index >= 15 is 0 Å². The number of methoxy groups -OCH3 is 1. The molecule has 1 N–H and O–H groups in total. The summed E-state index contributed by atoms with van der Waals surface area (Å²) in [7, 11) is 1.58. The molecule has 154 valence electrons. The Bertz CT molecular complexity index is 1220. The van der Waals surface area contributed by atoms with Crippen LogP contribution >= 0.6 is 23.1 Å². The number of nitrogens with zero attached hydrogens (tertiary/aromatic N) is 3. The lowest BCUT2D eigenvalue weighted by Gasteiger charge is -2.11. The van der Waals surface area contributed by atoms with Crippen LogP contribution in [0.4, 0.5) is 0 Å². The number of rotatable bonds is 8. The Hall–Kier alpha value is -2.75. The summed E-state index contributed by atoms with van der Waals surface area (Å²) in [6.45, 7) is 0.984. The van der Waals surface area contributed by atoms with Crippen LogP contribution in [-0.2, 0) is 22.6 Å². The van der Waals surface area contributed by atoms with Crippen LogP contribution < -0.4 is 10.9 Å². The van der Waals surface area contributed by atoms with Gasteiger partial charge >= 0.3 is 0 Å². The normalized spacial score (nSPS) is 11.2. The standard InChI is InChI=1S/C21H20N4O3S2/c1-28-11-10-25-20(27)15-7-3-2-6-14(15)17(24-25)12-22-19(26)13-29-21-23-16-8-4-5-9-18(16)30-21/h2-9H,10-13H2,1H3,(H,22,26). The van der Waals surface area contributed by atoms with Gasteiger partial charge in [-0.15, -0.1) is 11.3 Å². The Labute approximate surface area is 181 Å². The van der Waals surface area contributed by atoms with Crippen LogP contribution in [0.25, 0.3) is 21.0 Å². The number of carbonyl (C=O) groups is 1. The van der Waals surface area contributed by atoms with Crippen molar-refractivity contribution in [3.8, 4) is 0 Å². The van der Waals surface area contributed by atoms with Gasteiger partial charge in [0.15, 0.2) is 4.34 Å². The van der Waals surface area contributed by atoms with E-state index in [-0.39, 0.29) is 23.8 Å². The summed E-state index contributed by atoms with van der Waals surface area (Å²) in [4.78, 5) is 29.5. The van der Waals surface area contributed by atoms with Crippen LogP contribution in [0.2, 0.25) is 0 Å². The van der Waals surface area contributed by atoms with E-state index < -0.39 is 0 Å². The van der Waals surface area contributed by atoms with E-state index in [0.717, 1.165) is 19.9 Å². The van der Waals surface area contributed by atoms with Crippen LogP contribution in [0.15, 0.2) is 57.7 Å². The van der Waals surface area contributed by atoms with E-state index in [0.29, 0.717) is 24.2 Å². The number of hydrogen-bond acceptors (Lipinski definition) is 7. The van der Waals surface area contributed by atoms with Crippen molar-refractivity contribution in [2.24, 2.45) is 0 Å². The van der Waals surface area contributed by atoms with Crippen LogP contribution in [-0.4, -0.2) is 40.1 Å². The highest BCUT2D eigenvalue weighted by molar-refractivity contribution is 8.01. The highest BCUT2D eigenvalue weighted by Gasteiger charge is 2.12. The summed E-state index contributed by atoms with van der Waals surface area (Å²) < 4.78 is 8.43. The van der Waals surface area contributed by atoms with Gasteiger partial charge in [0.25, 0.3) is 5.56 Å². The molecule has 2 heterocycles. The first-order valence-electron chi connectivity index (χ1n) is 9.38. The number of amides is 1. The predicted octanol–water partition coefficient (Wildman–Crippen LogP) is 3.06. The van der Waals surface area contributed by atoms with E-state index in [1.807, 2.05) is 42.5 Å². The summed E-state index contributed by atoms with van der Waals surface area (Å²) in [6, 6.07) is 15.2. The summed E-state index contributed by atoms with van der Waals surface area (Å²) in [5, 5.41) is 8.68. The van der Waals surface area contributed by atoms with Gasteiger partial charge in [0.2, 0.25) is 5.91 Å². The third-order valence-electron chi connectivity index (χ3n) is 4.51. The van der Waals surface area contributed by atoms with Gasteiger partial charge in [0, 0.05) is 12.5 Å². The lowest BCUT2D eigenvalue weighted by Crippen LogP contribution is -2.30. The molecule has 4 rings (SSSR count). The first-order valence-corrected chi connectivity index (χ1v) is 11.2. The number of fused-ring (bicyclic) bond motifs is 2. The van der Waals surface area contributed by atoms with E-state index in [1.165, 1.54) is 16.4 Å². The van der Waals surface area contributed by atoms with E-state index in [9.17, 15) is 9.59 Å². The summed E-state index contributed by atoms with van der Waals surface area (Å²) in [6.07, 6.45) is 0. The maximum absolute atomic E-state index is 12.6. The molecule has 0 fully saturated rings. The van der Waals surface area contributed by atoms with Crippen molar-refractivity contribution in [2.75, 3.05) is 19.5 Å².